The van der Waals surface area contributed by atoms with E-state index in [0.29, 0.717) is 18.1 Å². The zero-order chi connectivity index (χ0) is 13.4. The third-order valence-electron chi connectivity index (χ3n) is 3.74. The third kappa shape index (κ3) is 2.45. The molecule has 3 rings (SSSR count). The Balaban J connectivity index is 2.08. The molecule has 1 nitrogen and oxygen atoms in total. The van der Waals surface area contributed by atoms with E-state index in [1.54, 1.807) is 11.3 Å². The summed E-state index contributed by atoms with van der Waals surface area (Å²) in [5.74, 6) is 0.368. The molecular formula is C15H16FNS2. The van der Waals surface area contributed by atoms with Crippen molar-refractivity contribution in [2.45, 2.75) is 23.6 Å². The van der Waals surface area contributed by atoms with E-state index in [1.807, 2.05) is 6.07 Å². The second-order valence-electron chi connectivity index (χ2n) is 5.13. The molecule has 0 N–H and O–H groups in total. The lowest BCUT2D eigenvalue weighted by atomic mass is 9.86. The molecule has 0 aliphatic carbocycles. The minimum Gasteiger partial charge on any atom is -0.300 e. The van der Waals surface area contributed by atoms with Crippen LogP contribution in [0, 0.1) is 6.92 Å². The highest BCUT2D eigenvalue weighted by atomic mass is 32.2. The SMILES string of the molecule is Cc1ccccc1C1CN(C)Cc2sc(SF)cc21. The molecule has 0 amide bonds. The van der Waals surface area contributed by atoms with Crippen LogP contribution in [0.3, 0.4) is 0 Å². The minimum atomic E-state index is 0.365. The van der Waals surface area contributed by atoms with E-state index < -0.39 is 0 Å². The molecule has 0 saturated heterocycles. The molecule has 1 aromatic heterocycles. The summed E-state index contributed by atoms with van der Waals surface area (Å²) in [5.41, 5.74) is 4.00. The van der Waals surface area contributed by atoms with E-state index >= 15 is 0 Å². The maximum atomic E-state index is 12.8. The minimum absolute atomic E-state index is 0.365. The standard InChI is InChI=1S/C15H16FNS2/c1-10-5-3-4-6-11(10)13-8-17(2)9-14-12(13)7-15(18-14)19-16/h3-7,13H,8-9H2,1-2H3. The molecule has 0 bridgehead atoms. The molecule has 2 heterocycles. The van der Waals surface area contributed by atoms with Crippen molar-refractivity contribution in [1.29, 1.82) is 0 Å². The molecule has 19 heavy (non-hydrogen) atoms. The van der Waals surface area contributed by atoms with E-state index in [4.69, 9.17) is 0 Å². The van der Waals surface area contributed by atoms with Crippen LogP contribution in [0.2, 0.25) is 0 Å². The van der Waals surface area contributed by atoms with Gasteiger partial charge >= 0.3 is 0 Å². The Morgan fingerprint density at radius 2 is 2.11 bits per heavy atom. The number of fused-ring (bicyclic) bond motifs is 1. The highest BCUT2D eigenvalue weighted by molar-refractivity contribution is 7.96. The first-order chi connectivity index (χ1) is 9.19. The Morgan fingerprint density at radius 3 is 2.84 bits per heavy atom. The Labute approximate surface area is 121 Å². The second-order valence-corrected chi connectivity index (χ2v) is 7.12. The Bertz CT molecular complexity index is 594. The molecule has 1 unspecified atom stereocenters. The predicted octanol–water partition coefficient (Wildman–Crippen LogP) is 4.61. The number of hydrogen-bond acceptors (Lipinski definition) is 3. The molecule has 1 aliphatic rings. The van der Waals surface area contributed by atoms with Crippen LogP contribution in [-0.4, -0.2) is 18.5 Å². The van der Waals surface area contributed by atoms with Crippen molar-refractivity contribution in [2.24, 2.45) is 0 Å². The number of nitrogens with zero attached hydrogens (tertiary/aromatic N) is 1. The normalized spacial score (nSPS) is 19.4. The Hall–Kier alpha value is -0.840. The van der Waals surface area contributed by atoms with Crippen LogP contribution in [0.1, 0.15) is 27.5 Å². The Morgan fingerprint density at radius 1 is 1.32 bits per heavy atom. The zero-order valence-corrected chi connectivity index (χ0v) is 12.7. The summed E-state index contributed by atoms with van der Waals surface area (Å²) >= 11 is 1.95. The van der Waals surface area contributed by atoms with Crippen molar-refractivity contribution in [3.05, 3.63) is 51.9 Å². The van der Waals surface area contributed by atoms with Crippen molar-refractivity contribution < 1.29 is 3.89 Å². The summed E-state index contributed by atoms with van der Waals surface area (Å²) < 4.78 is 13.6. The van der Waals surface area contributed by atoms with Gasteiger partial charge in [0.05, 0.1) is 16.4 Å². The second kappa shape index (κ2) is 5.27. The number of rotatable bonds is 2. The van der Waals surface area contributed by atoms with Crippen LogP contribution >= 0.6 is 23.5 Å². The summed E-state index contributed by atoms with van der Waals surface area (Å²) in [6, 6.07) is 10.6. The number of likely N-dealkylation sites (N-methyl/N-ethyl adjacent to an activating group) is 1. The summed E-state index contributed by atoms with van der Waals surface area (Å²) in [7, 11) is 2.14. The van der Waals surface area contributed by atoms with Crippen molar-refractivity contribution >= 4 is 23.5 Å². The molecule has 100 valence electrons. The fourth-order valence-corrected chi connectivity index (χ4v) is 4.47. The molecule has 0 fully saturated rings. The van der Waals surface area contributed by atoms with Gasteiger partial charge in [-0.2, -0.15) is 3.89 Å². The topological polar surface area (TPSA) is 3.24 Å². The summed E-state index contributed by atoms with van der Waals surface area (Å²) in [5, 5.41) is 0. The van der Waals surface area contributed by atoms with Crippen LogP contribution in [0.5, 0.6) is 0 Å². The highest BCUT2D eigenvalue weighted by Crippen LogP contribution is 2.41. The lowest BCUT2D eigenvalue weighted by molar-refractivity contribution is 0.299. The van der Waals surface area contributed by atoms with Gasteiger partial charge < -0.3 is 4.90 Å². The smallest absolute Gasteiger partial charge is 0.0937 e. The first kappa shape index (κ1) is 13.2. The number of benzene rings is 1. The largest absolute Gasteiger partial charge is 0.300 e. The summed E-state index contributed by atoms with van der Waals surface area (Å²) in [6.45, 7) is 4.09. The number of hydrogen-bond donors (Lipinski definition) is 0. The summed E-state index contributed by atoms with van der Waals surface area (Å²) in [6.07, 6.45) is 0. The monoisotopic (exact) mass is 293 g/mol. The molecule has 1 aromatic carbocycles. The lowest BCUT2D eigenvalue weighted by Gasteiger charge is -2.31. The van der Waals surface area contributed by atoms with Crippen LogP contribution in [0.4, 0.5) is 3.89 Å². The van der Waals surface area contributed by atoms with Gasteiger partial charge in [0.1, 0.15) is 0 Å². The molecule has 4 heteroatoms. The van der Waals surface area contributed by atoms with Gasteiger partial charge in [-0.05, 0) is 36.7 Å². The van der Waals surface area contributed by atoms with Gasteiger partial charge in [-0.25, -0.2) is 0 Å². The van der Waals surface area contributed by atoms with Crippen molar-refractivity contribution in [3.63, 3.8) is 0 Å². The van der Waals surface area contributed by atoms with Gasteiger partial charge in [-0.1, -0.05) is 24.3 Å². The predicted molar refractivity (Wildman–Crippen MR) is 80.6 cm³/mol. The Kier molecular flexibility index (Phi) is 3.65. The van der Waals surface area contributed by atoms with Gasteiger partial charge in [0.2, 0.25) is 0 Å². The summed E-state index contributed by atoms with van der Waals surface area (Å²) in [4.78, 5) is 3.63. The molecule has 2 aromatic rings. The molecular weight excluding hydrogens is 277 g/mol. The van der Waals surface area contributed by atoms with Gasteiger partial charge in [0.15, 0.2) is 0 Å². The van der Waals surface area contributed by atoms with Crippen molar-refractivity contribution in [1.82, 2.24) is 4.90 Å². The van der Waals surface area contributed by atoms with E-state index in [0.717, 1.165) is 17.3 Å². The molecule has 0 spiro atoms. The molecule has 1 atom stereocenters. The molecule has 1 aliphatic heterocycles. The third-order valence-corrected chi connectivity index (χ3v) is 5.38. The van der Waals surface area contributed by atoms with Crippen LogP contribution in [0.25, 0.3) is 0 Å². The first-order valence-corrected chi connectivity index (χ1v) is 7.87. The van der Waals surface area contributed by atoms with Gasteiger partial charge in [0, 0.05) is 23.9 Å². The highest BCUT2D eigenvalue weighted by Gasteiger charge is 2.28. The average Bonchev–Trinajstić information content (AvgIpc) is 2.81. The fourth-order valence-electron chi connectivity index (χ4n) is 2.84. The van der Waals surface area contributed by atoms with E-state index in [-0.39, 0.29) is 0 Å². The van der Waals surface area contributed by atoms with Crippen LogP contribution in [0.15, 0.2) is 34.5 Å². The van der Waals surface area contributed by atoms with Crippen LogP contribution in [-0.2, 0) is 6.54 Å². The van der Waals surface area contributed by atoms with E-state index in [9.17, 15) is 3.89 Å². The maximum Gasteiger partial charge on any atom is 0.0937 e. The van der Waals surface area contributed by atoms with E-state index in [2.05, 4.69) is 43.1 Å². The van der Waals surface area contributed by atoms with Gasteiger partial charge in [-0.3, -0.25) is 0 Å². The van der Waals surface area contributed by atoms with Crippen LogP contribution < -0.4 is 0 Å². The van der Waals surface area contributed by atoms with Crippen molar-refractivity contribution in [3.8, 4) is 0 Å². The quantitative estimate of drug-likeness (QED) is 0.795. The molecule has 0 saturated carbocycles. The number of thiophene rings is 1. The van der Waals surface area contributed by atoms with Gasteiger partial charge in [-0.15, -0.1) is 11.3 Å². The zero-order valence-electron chi connectivity index (χ0n) is 11.0. The molecule has 0 radical (unpaired) electrons. The maximum absolute atomic E-state index is 12.8. The van der Waals surface area contributed by atoms with Gasteiger partial charge in [0.25, 0.3) is 0 Å². The number of aryl methyl sites for hydroxylation is 1. The fraction of sp³-hybridized carbons (Fsp3) is 0.333. The van der Waals surface area contributed by atoms with E-state index in [1.165, 1.54) is 21.6 Å². The van der Waals surface area contributed by atoms with Crippen molar-refractivity contribution in [2.75, 3.05) is 13.6 Å². The lowest BCUT2D eigenvalue weighted by Crippen LogP contribution is -2.30. The number of halogens is 1. The first-order valence-electron chi connectivity index (χ1n) is 6.34. The average molecular weight is 293 g/mol.